The Bertz CT molecular complexity index is 1430. The Morgan fingerprint density at radius 2 is 1.69 bits per heavy atom. The van der Waals surface area contributed by atoms with Crippen molar-refractivity contribution < 1.29 is 33.6 Å². The van der Waals surface area contributed by atoms with E-state index in [2.05, 4.69) is 10.5 Å². The zero-order chi connectivity index (χ0) is 28.5. The Labute approximate surface area is 227 Å². The molecule has 0 bridgehead atoms. The summed E-state index contributed by atoms with van der Waals surface area (Å²) in [6.07, 6.45) is 2.12. The van der Waals surface area contributed by atoms with Gasteiger partial charge in [-0.1, -0.05) is 18.5 Å². The molecule has 0 saturated carbocycles. The highest BCUT2D eigenvalue weighted by atomic mass is 35.5. The first-order valence-corrected chi connectivity index (χ1v) is 11.7. The second kappa shape index (κ2) is 13.1. The third-order valence-corrected chi connectivity index (χ3v) is 5.36. The number of ether oxygens (including phenoxy) is 4. The SMILES string of the molecule is CCCOc1ccc(C(=O)N/N=C/c2cc(Cl)c(Oc3ccc([N+](=O)[O-])cc3[N+](=O)[O-])c(OC)c2)cc1OC. The van der Waals surface area contributed by atoms with Crippen molar-refractivity contribution in [1.82, 2.24) is 5.43 Å². The van der Waals surface area contributed by atoms with Crippen molar-refractivity contribution in [2.45, 2.75) is 13.3 Å². The fourth-order valence-corrected chi connectivity index (χ4v) is 3.50. The third kappa shape index (κ3) is 7.11. The van der Waals surface area contributed by atoms with E-state index in [0.29, 0.717) is 23.7 Å². The normalized spacial score (nSPS) is 10.7. The second-order valence-electron chi connectivity index (χ2n) is 7.72. The monoisotopic (exact) mass is 558 g/mol. The van der Waals surface area contributed by atoms with E-state index in [4.69, 9.17) is 30.5 Å². The molecule has 3 rings (SSSR count). The second-order valence-corrected chi connectivity index (χ2v) is 8.12. The maximum absolute atomic E-state index is 12.5. The first kappa shape index (κ1) is 28.7. The van der Waals surface area contributed by atoms with E-state index in [-0.39, 0.29) is 27.8 Å². The molecular formula is C25H23ClN4O9. The van der Waals surface area contributed by atoms with E-state index in [1.54, 1.807) is 12.1 Å². The van der Waals surface area contributed by atoms with E-state index in [1.165, 1.54) is 38.6 Å². The topological polar surface area (TPSA) is 165 Å². The molecule has 0 aromatic heterocycles. The van der Waals surface area contributed by atoms with Gasteiger partial charge in [-0.3, -0.25) is 25.0 Å². The molecule has 0 aliphatic rings. The summed E-state index contributed by atoms with van der Waals surface area (Å²) in [6, 6.07) is 10.6. The number of rotatable bonds is 12. The van der Waals surface area contributed by atoms with Crippen LogP contribution in [-0.4, -0.2) is 42.8 Å². The van der Waals surface area contributed by atoms with Gasteiger partial charge in [0.25, 0.3) is 11.6 Å². The molecule has 0 aliphatic heterocycles. The van der Waals surface area contributed by atoms with Gasteiger partial charge < -0.3 is 18.9 Å². The first-order valence-electron chi connectivity index (χ1n) is 11.3. The number of nitrogens with zero attached hydrogens (tertiary/aromatic N) is 3. The molecule has 0 atom stereocenters. The van der Waals surface area contributed by atoms with Crippen molar-refractivity contribution in [3.63, 3.8) is 0 Å². The van der Waals surface area contributed by atoms with Crippen molar-refractivity contribution >= 4 is 35.1 Å². The number of nitro groups is 2. The fraction of sp³-hybridized carbons (Fsp3) is 0.200. The number of nitro benzene ring substituents is 2. The number of halogens is 1. The maximum Gasteiger partial charge on any atom is 0.318 e. The van der Waals surface area contributed by atoms with Crippen LogP contribution in [0.25, 0.3) is 0 Å². The fourth-order valence-electron chi connectivity index (χ4n) is 3.24. The predicted molar refractivity (Wildman–Crippen MR) is 142 cm³/mol. The molecule has 0 saturated heterocycles. The number of amides is 1. The first-order chi connectivity index (χ1) is 18.7. The smallest absolute Gasteiger partial charge is 0.318 e. The highest BCUT2D eigenvalue weighted by molar-refractivity contribution is 6.32. The van der Waals surface area contributed by atoms with Crippen LogP contribution >= 0.6 is 11.6 Å². The van der Waals surface area contributed by atoms with Crippen molar-refractivity contribution in [3.8, 4) is 28.7 Å². The van der Waals surface area contributed by atoms with E-state index in [9.17, 15) is 25.0 Å². The standard InChI is InChI=1S/C25H23ClN4O9/c1-4-9-38-21-7-5-16(12-22(21)36-2)25(31)28-27-14-15-10-18(26)24(23(11-15)37-3)39-20-8-6-17(29(32)33)13-19(20)30(34)35/h5-8,10-14H,4,9H2,1-3H3,(H,28,31)/b27-14+. The Balaban J connectivity index is 1.79. The highest BCUT2D eigenvalue weighted by Crippen LogP contribution is 2.42. The number of hydrazone groups is 1. The molecule has 0 fully saturated rings. The van der Waals surface area contributed by atoms with Crippen molar-refractivity contribution in [2.24, 2.45) is 5.10 Å². The molecule has 3 aromatic carbocycles. The van der Waals surface area contributed by atoms with Gasteiger partial charge in [0.1, 0.15) is 0 Å². The largest absolute Gasteiger partial charge is 0.493 e. The van der Waals surface area contributed by atoms with Gasteiger partial charge in [-0.15, -0.1) is 0 Å². The lowest BCUT2D eigenvalue weighted by Crippen LogP contribution is -2.17. The molecule has 0 unspecified atom stereocenters. The average molecular weight is 559 g/mol. The lowest BCUT2D eigenvalue weighted by molar-refractivity contribution is -0.394. The summed E-state index contributed by atoms with van der Waals surface area (Å²) in [4.78, 5) is 33.4. The third-order valence-electron chi connectivity index (χ3n) is 5.08. The van der Waals surface area contributed by atoms with Crippen LogP contribution in [0, 0.1) is 20.2 Å². The number of nitrogens with one attached hydrogen (secondary N) is 1. The van der Waals surface area contributed by atoms with Crippen LogP contribution in [0.3, 0.4) is 0 Å². The molecule has 0 aliphatic carbocycles. The molecule has 14 heteroatoms. The molecule has 0 heterocycles. The van der Waals surface area contributed by atoms with Crippen LogP contribution in [0.5, 0.6) is 28.7 Å². The Kier molecular flexibility index (Phi) is 9.59. The molecule has 0 radical (unpaired) electrons. The number of benzene rings is 3. The van der Waals surface area contributed by atoms with Gasteiger partial charge in [0.05, 0.1) is 48.0 Å². The van der Waals surface area contributed by atoms with Gasteiger partial charge in [-0.25, -0.2) is 5.43 Å². The minimum Gasteiger partial charge on any atom is -0.493 e. The Morgan fingerprint density at radius 1 is 0.974 bits per heavy atom. The lowest BCUT2D eigenvalue weighted by Gasteiger charge is -2.13. The summed E-state index contributed by atoms with van der Waals surface area (Å²) in [5.41, 5.74) is 1.99. The Hall–Kier alpha value is -4.91. The highest BCUT2D eigenvalue weighted by Gasteiger charge is 2.23. The van der Waals surface area contributed by atoms with Crippen LogP contribution in [0.4, 0.5) is 11.4 Å². The molecule has 1 amide bonds. The predicted octanol–water partition coefficient (Wildman–Crippen LogP) is 5.52. The van der Waals surface area contributed by atoms with Crippen molar-refractivity contribution in [3.05, 3.63) is 84.9 Å². The molecule has 204 valence electrons. The summed E-state index contributed by atoms with van der Waals surface area (Å²) in [5, 5.41) is 26.3. The average Bonchev–Trinajstić information content (AvgIpc) is 2.92. The van der Waals surface area contributed by atoms with Crippen LogP contribution < -0.4 is 24.4 Å². The summed E-state index contributed by atoms with van der Waals surface area (Å²) >= 11 is 6.34. The number of carbonyl (C=O) groups is 1. The molecule has 0 spiro atoms. The number of carbonyl (C=O) groups excluding carboxylic acids is 1. The maximum atomic E-state index is 12.5. The molecule has 39 heavy (non-hydrogen) atoms. The van der Waals surface area contributed by atoms with Gasteiger partial charge >= 0.3 is 5.69 Å². The van der Waals surface area contributed by atoms with Gasteiger partial charge in [-0.2, -0.15) is 5.10 Å². The van der Waals surface area contributed by atoms with E-state index in [0.717, 1.165) is 24.6 Å². The van der Waals surface area contributed by atoms with Crippen LogP contribution in [-0.2, 0) is 0 Å². The number of methoxy groups -OCH3 is 2. The number of hydrogen-bond donors (Lipinski definition) is 1. The van der Waals surface area contributed by atoms with Gasteiger partial charge in [0, 0.05) is 11.6 Å². The summed E-state index contributed by atoms with van der Waals surface area (Å²) in [7, 11) is 2.80. The molecular weight excluding hydrogens is 536 g/mol. The zero-order valence-corrected chi connectivity index (χ0v) is 21.8. The summed E-state index contributed by atoms with van der Waals surface area (Å²) in [6.45, 7) is 2.48. The van der Waals surface area contributed by atoms with Crippen LogP contribution in [0.1, 0.15) is 29.3 Å². The summed E-state index contributed by atoms with van der Waals surface area (Å²) in [5.74, 6) is 0.171. The van der Waals surface area contributed by atoms with Gasteiger partial charge in [-0.05, 0) is 48.4 Å². The number of non-ortho nitro benzene ring substituents is 1. The van der Waals surface area contributed by atoms with Crippen LogP contribution in [0.2, 0.25) is 5.02 Å². The molecule has 3 aromatic rings. The summed E-state index contributed by atoms with van der Waals surface area (Å²) < 4.78 is 21.8. The Morgan fingerprint density at radius 3 is 2.33 bits per heavy atom. The quantitative estimate of drug-likeness (QED) is 0.171. The van der Waals surface area contributed by atoms with E-state index >= 15 is 0 Å². The van der Waals surface area contributed by atoms with E-state index < -0.39 is 27.1 Å². The number of hydrogen-bond acceptors (Lipinski definition) is 10. The zero-order valence-electron chi connectivity index (χ0n) is 21.0. The van der Waals surface area contributed by atoms with Crippen molar-refractivity contribution in [2.75, 3.05) is 20.8 Å². The van der Waals surface area contributed by atoms with Crippen molar-refractivity contribution in [1.29, 1.82) is 0 Å². The van der Waals surface area contributed by atoms with Gasteiger partial charge in [0.15, 0.2) is 23.0 Å². The van der Waals surface area contributed by atoms with E-state index in [1.807, 2.05) is 6.92 Å². The molecule has 1 N–H and O–H groups in total. The van der Waals surface area contributed by atoms with Crippen LogP contribution in [0.15, 0.2) is 53.6 Å². The minimum absolute atomic E-state index is 0.00202. The lowest BCUT2D eigenvalue weighted by atomic mass is 10.2. The van der Waals surface area contributed by atoms with Gasteiger partial charge in [0.2, 0.25) is 5.75 Å². The minimum atomic E-state index is -0.812. The molecule has 13 nitrogen and oxygen atoms in total.